The number of carbonyl (C=O) groups is 3. The average molecular weight is 1290 g/mol. The van der Waals surface area contributed by atoms with Gasteiger partial charge in [0.2, 0.25) is 0 Å². The lowest BCUT2D eigenvalue weighted by atomic mass is 10.0. The molecule has 0 amide bonds. The molecule has 0 aliphatic heterocycles. The van der Waals surface area contributed by atoms with Gasteiger partial charge in [-0.25, -0.2) is 9.13 Å². The molecule has 0 bridgehead atoms. The predicted octanol–water partition coefficient (Wildman–Crippen LogP) is 18.6. The molecule has 0 fully saturated rings. The van der Waals surface area contributed by atoms with Crippen LogP contribution in [0, 0.1) is 0 Å². The Balaban J connectivity index is 4.65. The fourth-order valence-electron chi connectivity index (χ4n) is 8.56. The molecule has 4 N–H and O–H groups in total. The Morgan fingerprint density at radius 1 is 0.326 bits per heavy atom. The zero-order chi connectivity index (χ0) is 65.3. The molecule has 0 rings (SSSR count). The maximum Gasteiger partial charge on any atom is 0.472 e. The number of aliphatic hydroxyl groups is 2. The van der Waals surface area contributed by atoms with Crippen LogP contribution in [0.1, 0.15) is 252 Å². The summed E-state index contributed by atoms with van der Waals surface area (Å²) in [6, 6.07) is 0. The van der Waals surface area contributed by atoms with E-state index in [0.29, 0.717) is 19.3 Å². The molecular formula is C71H120O16P2. The van der Waals surface area contributed by atoms with Crippen LogP contribution in [-0.4, -0.2) is 95.9 Å². The van der Waals surface area contributed by atoms with Crippen molar-refractivity contribution in [3.63, 3.8) is 0 Å². The van der Waals surface area contributed by atoms with Gasteiger partial charge in [0.1, 0.15) is 25.4 Å². The monoisotopic (exact) mass is 1290 g/mol. The minimum Gasteiger partial charge on any atom is -0.463 e. The highest BCUT2D eigenvalue weighted by Gasteiger charge is 2.29. The highest BCUT2D eigenvalue weighted by Crippen LogP contribution is 2.45. The van der Waals surface area contributed by atoms with Gasteiger partial charge < -0.3 is 34.2 Å². The first kappa shape index (κ1) is 85.0. The first-order valence-electron chi connectivity index (χ1n) is 33.8. The SMILES string of the molecule is CC/C=C\C/C=C\C/C=C\C/C=C\C/C=C\C/C=C\CCCCCCC(=O)OCC(O)COP(=O)(O)OCC(O)COP(=O)(O)OCC(COC(=O)CCCCCC/C=C\C/C=C\C/C=C\C/C=C\CC)OC(=O)CCCCCCCCCCCCCCC. The van der Waals surface area contributed by atoms with Crippen LogP contribution in [-0.2, 0) is 55.8 Å². The van der Waals surface area contributed by atoms with Crippen molar-refractivity contribution >= 4 is 33.6 Å². The van der Waals surface area contributed by atoms with Gasteiger partial charge in [0.25, 0.3) is 0 Å². The van der Waals surface area contributed by atoms with Crippen molar-refractivity contribution in [1.29, 1.82) is 0 Å². The molecule has 0 aliphatic carbocycles. The molecule has 0 spiro atoms. The van der Waals surface area contributed by atoms with Gasteiger partial charge in [-0.2, -0.15) is 0 Å². The summed E-state index contributed by atoms with van der Waals surface area (Å²) in [5, 5.41) is 20.5. The van der Waals surface area contributed by atoms with E-state index in [1.165, 1.54) is 51.4 Å². The van der Waals surface area contributed by atoms with Gasteiger partial charge in [0.05, 0.1) is 26.4 Å². The van der Waals surface area contributed by atoms with Crippen molar-refractivity contribution in [2.45, 2.75) is 270 Å². The fourth-order valence-corrected chi connectivity index (χ4v) is 10.1. The highest BCUT2D eigenvalue weighted by molar-refractivity contribution is 7.47. The van der Waals surface area contributed by atoms with Crippen LogP contribution in [0.25, 0.3) is 0 Å². The second-order valence-electron chi connectivity index (χ2n) is 22.2. The van der Waals surface area contributed by atoms with E-state index in [1.807, 2.05) is 0 Å². The molecule has 0 aromatic heterocycles. The predicted molar refractivity (Wildman–Crippen MR) is 362 cm³/mol. The normalized spacial score (nSPS) is 15.0. The average Bonchev–Trinajstić information content (AvgIpc) is 3.72. The summed E-state index contributed by atoms with van der Waals surface area (Å²) >= 11 is 0. The van der Waals surface area contributed by atoms with E-state index < -0.39 is 91.5 Å². The maximum atomic E-state index is 12.9. The van der Waals surface area contributed by atoms with E-state index in [1.54, 1.807) is 0 Å². The summed E-state index contributed by atoms with van der Waals surface area (Å²) in [6.07, 6.45) is 72.5. The number of unbranched alkanes of at least 4 members (excludes halogenated alkanes) is 20. The van der Waals surface area contributed by atoms with Gasteiger partial charge in [-0.1, -0.05) is 245 Å². The molecule has 0 aromatic carbocycles. The molecular weight excluding hydrogens is 1170 g/mol. The Kier molecular flexibility index (Phi) is 61.2. The quantitative estimate of drug-likeness (QED) is 0.0146. The van der Waals surface area contributed by atoms with Crippen molar-refractivity contribution < 1.29 is 75.8 Å². The van der Waals surface area contributed by atoms with E-state index in [0.717, 1.165) is 141 Å². The van der Waals surface area contributed by atoms with Crippen molar-refractivity contribution in [1.82, 2.24) is 0 Å². The number of hydrogen-bond donors (Lipinski definition) is 4. The van der Waals surface area contributed by atoms with Gasteiger partial charge in [-0.3, -0.25) is 32.5 Å². The summed E-state index contributed by atoms with van der Waals surface area (Å²) in [4.78, 5) is 58.3. The number of aliphatic hydroxyl groups excluding tert-OH is 2. The van der Waals surface area contributed by atoms with Gasteiger partial charge in [0.15, 0.2) is 6.10 Å². The number of phosphoric acid groups is 2. The molecule has 0 heterocycles. The van der Waals surface area contributed by atoms with E-state index in [2.05, 4.69) is 142 Å². The van der Waals surface area contributed by atoms with Gasteiger partial charge in [-0.15, -0.1) is 0 Å². The summed E-state index contributed by atoms with van der Waals surface area (Å²) < 4.78 is 60.8. The Labute approximate surface area is 538 Å². The number of allylic oxidation sites excluding steroid dienone is 20. The van der Waals surface area contributed by atoms with E-state index in [-0.39, 0.29) is 19.3 Å². The third kappa shape index (κ3) is 65.3. The second kappa shape index (κ2) is 64.1. The van der Waals surface area contributed by atoms with E-state index in [9.17, 15) is 43.5 Å². The standard InChI is InChI=1S/C71H120O16P2/c1-4-7-10-13-16-19-22-25-27-29-30-31-32-33-34-36-38-40-42-45-48-51-54-57-69(74)81-60-66(72)61-83-88(77,78)84-62-67(73)63-85-89(79,80)86-65-68(87-71(76)59-56-53-50-47-44-39-24-21-18-15-12-9-6-3)64-82-70(75)58-55-52-49-46-43-41-37-35-28-26-23-20-17-14-11-8-5-2/h7-8,10-11,16-17,19-20,25-28,30-31,33-34,37-38,40-41,66-68,72-73H,4-6,9,12-15,18,21-24,29,32,35-36,39,42-65H2,1-3H3,(H,77,78)(H,79,80)/b10-7-,11-8-,19-16-,20-17-,27-25-,28-26-,31-30-,34-33-,40-38-,41-37-. The Hall–Kier alpha value is -4.05. The van der Waals surface area contributed by atoms with Crippen LogP contribution in [0.3, 0.4) is 0 Å². The van der Waals surface area contributed by atoms with Crippen molar-refractivity contribution in [2.24, 2.45) is 0 Å². The molecule has 0 saturated heterocycles. The van der Waals surface area contributed by atoms with Gasteiger partial charge >= 0.3 is 33.6 Å². The Bertz CT molecular complexity index is 2110. The van der Waals surface area contributed by atoms with Crippen molar-refractivity contribution in [3.05, 3.63) is 122 Å². The molecule has 5 unspecified atom stereocenters. The first-order chi connectivity index (χ1) is 43.2. The van der Waals surface area contributed by atoms with Crippen molar-refractivity contribution in [3.8, 4) is 0 Å². The summed E-state index contributed by atoms with van der Waals surface area (Å²) in [5.74, 6) is -1.63. The summed E-state index contributed by atoms with van der Waals surface area (Å²) in [6.45, 7) is 2.37. The van der Waals surface area contributed by atoms with Gasteiger partial charge in [0, 0.05) is 19.3 Å². The van der Waals surface area contributed by atoms with Crippen LogP contribution >= 0.6 is 15.6 Å². The number of hydrogen-bond acceptors (Lipinski definition) is 14. The van der Waals surface area contributed by atoms with Crippen molar-refractivity contribution in [2.75, 3.05) is 39.6 Å². The fraction of sp³-hybridized carbons (Fsp3) is 0.676. The number of phosphoric ester groups is 2. The molecule has 18 heteroatoms. The van der Waals surface area contributed by atoms with Crippen LogP contribution in [0.15, 0.2) is 122 Å². The summed E-state index contributed by atoms with van der Waals surface area (Å²) in [5.41, 5.74) is 0. The minimum atomic E-state index is -4.93. The van der Waals surface area contributed by atoms with E-state index in [4.69, 9.17) is 32.3 Å². The minimum absolute atomic E-state index is 0.0988. The molecule has 89 heavy (non-hydrogen) atoms. The molecule has 5 atom stereocenters. The highest BCUT2D eigenvalue weighted by atomic mass is 31.2. The summed E-state index contributed by atoms with van der Waals surface area (Å²) in [7, 11) is -9.79. The molecule has 510 valence electrons. The molecule has 0 aliphatic rings. The molecule has 0 radical (unpaired) electrons. The van der Waals surface area contributed by atoms with Crippen LogP contribution in [0.5, 0.6) is 0 Å². The lowest BCUT2D eigenvalue weighted by molar-refractivity contribution is -0.161. The van der Waals surface area contributed by atoms with Crippen LogP contribution in [0.4, 0.5) is 0 Å². The number of rotatable bonds is 63. The third-order valence-corrected chi connectivity index (χ3v) is 15.6. The zero-order valence-electron chi connectivity index (χ0n) is 55.1. The number of esters is 3. The maximum absolute atomic E-state index is 12.9. The Morgan fingerprint density at radius 3 is 0.944 bits per heavy atom. The zero-order valence-corrected chi connectivity index (χ0v) is 56.8. The number of ether oxygens (including phenoxy) is 3. The largest absolute Gasteiger partial charge is 0.472 e. The topological polar surface area (TPSA) is 231 Å². The Morgan fingerprint density at radius 2 is 0.596 bits per heavy atom. The van der Waals surface area contributed by atoms with Gasteiger partial charge in [-0.05, 0) is 109 Å². The molecule has 0 saturated carbocycles. The second-order valence-corrected chi connectivity index (χ2v) is 25.1. The lowest BCUT2D eigenvalue weighted by Gasteiger charge is -2.21. The lowest BCUT2D eigenvalue weighted by Crippen LogP contribution is -2.30. The third-order valence-electron chi connectivity index (χ3n) is 13.7. The smallest absolute Gasteiger partial charge is 0.463 e. The van der Waals surface area contributed by atoms with Crippen LogP contribution in [0.2, 0.25) is 0 Å². The first-order valence-corrected chi connectivity index (χ1v) is 36.8. The van der Waals surface area contributed by atoms with E-state index >= 15 is 0 Å². The number of carbonyl (C=O) groups excluding carboxylic acids is 3. The molecule has 16 nitrogen and oxygen atoms in total. The van der Waals surface area contributed by atoms with Crippen LogP contribution < -0.4 is 0 Å². The molecule has 0 aromatic rings.